The third-order valence-corrected chi connectivity index (χ3v) is 3.67. The molecule has 0 spiro atoms. The van der Waals surface area contributed by atoms with Crippen LogP contribution in [0.3, 0.4) is 0 Å². The average Bonchev–Trinajstić information content (AvgIpc) is 2.91. The van der Waals surface area contributed by atoms with E-state index in [1.54, 1.807) is 12.5 Å². The summed E-state index contributed by atoms with van der Waals surface area (Å²) in [5.74, 6) is 1.04. The predicted molar refractivity (Wildman–Crippen MR) is 84.2 cm³/mol. The number of fused-ring (bicyclic) bond motifs is 1. The maximum atomic E-state index is 8.89. The van der Waals surface area contributed by atoms with Gasteiger partial charge >= 0.3 is 0 Å². The molecule has 2 heterocycles. The van der Waals surface area contributed by atoms with E-state index in [0.29, 0.717) is 12.1 Å². The first-order valence-electron chi connectivity index (χ1n) is 7.46. The number of hydrogen-bond acceptors (Lipinski definition) is 4. The summed E-state index contributed by atoms with van der Waals surface area (Å²) in [5.41, 5.74) is 3.51. The number of aryl methyl sites for hydroxylation is 1. The molecule has 0 saturated carbocycles. The summed E-state index contributed by atoms with van der Waals surface area (Å²) in [6.07, 6.45) is 6.48. The second-order valence-electron chi connectivity index (χ2n) is 5.26. The highest BCUT2D eigenvalue weighted by Crippen LogP contribution is 2.17. The van der Waals surface area contributed by atoms with E-state index >= 15 is 0 Å². The summed E-state index contributed by atoms with van der Waals surface area (Å²) in [6.45, 7) is 2.88. The largest absolute Gasteiger partial charge is 0.308 e. The highest BCUT2D eigenvalue weighted by Gasteiger charge is 2.12. The number of imidazole rings is 1. The van der Waals surface area contributed by atoms with Crippen molar-refractivity contribution >= 4 is 11.2 Å². The van der Waals surface area contributed by atoms with Crippen LogP contribution in [0.2, 0.25) is 0 Å². The Morgan fingerprint density at radius 1 is 1.23 bits per heavy atom. The third-order valence-electron chi connectivity index (χ3n) is 3.67. The quantitative estimate of drug-likeness (QED) is 0.724. The molecule has 0 aliphatic rings. The summed E-state index contributed by atoms with van der Waals surface area (Å²) in [5, 5.41) is 8.89. The van der Waals surface area contributed by atoms with E-state index in [4.69, 9.17) is 5.26 Å². The molecule has 3 rings (SSSR count). The SMILES string of the molecule is CCCCc1nc2cncnc2n1Cc1ccc(C#N)cc1. The Bertz CT molecular complexity index is 811. The number of nitriles is 1. The zero-order valence-electron chi connectivity index (χ0n) is 12.5. The summed E-state index contributed by atoms with van der Waals surface area (Å²) in [6, 6.07) is 9.79. The molecule has 110 valence electrons. The third kappa shape index (κ3) is 2.82. The summed E-state index contributed by atoms with van der Waals surface area (Å²) >= 11 is 0. The molecule has 0 unspecified atom stereocenters. The van der Waals surface area contributed by atoms with Crippen molar-refractivity contribution in [1.29, 1.82) is 5.26 Å². The van der Waals surface area contributed by atoms with Gasteiger partial charge < -0.3 is 4.57 Å². The van der Waals surface area contributed by atoms with Gasteiger partial charge in [0.2, 0.25) is 0 Å². The van der Waals surface area contributed by atoms with Gasteiger partial charge in [-0.1, -0.05) is 25.5 Å². The van der Waals surface area contributed by atoms with Gasteiger partial charge in [0, 0.05) is 6.42 Å². The molecule has 0 N–H and O–H groups in total. The van der Waals surface area contributed by atoms with Gasteiger partial charge in [-0.3, -0.25) is 0 Å². The Balaban J connectivity index is 1.98. The molecule has 0 radical (unpaired) electrons. The Morgan fingerprint density at radius 2 is 2.05 bits per heavy atom. The molecule has 3 aromatic rings. The Labute approximate surface area is 129 Å². The monoisotopic (exact) mass is 291 g/mol. The van der Waals surface area contributed by atoms with Crippen LogP contribution in [0.25, 0.3) is 11.2 Å². The van der Waals surface area contributed by atoms with Crippen LogP contribution in [-0.2, 0) is 13.0 Å². The maximum Gasteiger partial charge on any atom is 0.163 e. The van der Waals surface area contributed by atoms with Crippen LogP contribution in [-0.4, -0.2) is 19.5 Å². The van der Waals surface area contributed by atoms with Crippen LogP contribution < -0.4 is 0 Å². The molecule has 0 aliphatic carbocycles. The molecule has 5 heteroatoms. The van der Waals surface area contributed by atoms with Crippen molar-refractivity contribution in [3.8, 4) is 6.07 Å². The summed E-state index contributed by atoms with van der Waals surface area (Å²) in [7, 11) is 0. The normalized spacial score (nSPS) is 10.7. The van der Waals surface area contributed by atoms with Gasteiger partial charge in [0.05, 0.1) is 24.4 Å². The first kappa shape index (κ1) is 14.2. The Hall–Kier alpha value is -2.74. The minimum absolute atomic E-state index is 0.674. The minimum atomic E-state index is 0.674. The highest BCUT2D eigenvalue weighted by atomic mass is 15.1. The molecule has 0 saturated heterocycles. The molecule has 2 aromatic heterocycles. The van der Waals surface area contributed by atoms with Gasteiger partial charge in [-0.05, 0) is 24.1 Å². The summed E-state index contributed by atoms with van der Waals surface area (Å²) in [4.78, 5) is 13.1. The average molecular weight is 291 g/mol. The van der Waals surface area contributed by atoms with Crippen LogP contribution in [0, 0.1) is 11.3 Å². The topological polar surface area (TPSA) is 67.4 Å². The lowest BCUT2D eigenvalue weighted by molar-refractivity contribution is 0.686. The molecule has 0 atom stereocenters. The van der Waals surface area contributed by atoms with Gasteiger partial charge in [0.25, 0.3) is 0 Å². The van der Waals surface area contributed by atoms with Crippen molar-refractivity contribution in [2.75, 3.05) is 0 Å². The van der Waals surface area contributed by atoms with E-state index in [1.807, 2.05) is 24.3 Å². The fourth-order valence-corrected chi connectivity index (χ4v) is 2.48. The molecule has 0 bridgehead atoms. The van der Waals surface area contributed by atoms with Gasteiger partial charge in [0.1, 0.15) is 17.7 Å². The second kappa shape index (κ2) is 6.35. The van der Waals surface area contributed by atoms with Crippen LogP contribution in [0.15, 0.2) is 36.8 Å². The van der Waals surface area contributed by atoms with Crippen LogP contribution in [0.1, 0.15) is 36.7 Å². The molecular formula is C17H17N5. The minimum Gasteiger partial charge on any atom is -0.308 e. The van der Waals surface area contributed by atoms with E-state index < -0.39 is 0 Å². The predicted octanol–water partition coefficient (Wildman–Crippen LogP) is 3.09. The number of aromatic nitrogens is 4. The lowest BCUT2D eigenvalue weighted by atomic mass is 10.1. The first-order valence-corrected chi connectivity index (χ1v) is 7.46. The van der Waals surface area contributed by atoms with Crippen molar-refractivity contribution in [3.63, 3.8) is 0 Å². The van der Waals surface area contributed by atoms with Crippen molar-refractivity contribution in [1.82, 2.24) is 19.5 Å². The molecule has 22 heavy (non-hydrogen) atoms. The molecule has 0 amide bonds. The second-order valence-corrected chi connectivity index (χ2v) is 5.26. The zero-order valence-corrected chi connectivity index (χ0v) is 12.5. The summed E-state index contributed by atoms with van der Waals surface area (Å²) < 4.78 is 2.15. The lowest BCUT2D eigenvalue weighted by Crippen LogP contribution is -2.06. The molecule has 5 nitrogen and oxygen atoms in total. The van der Waals surface area contributed by atoms with Crippen LogP contribution in [0.5, 0.6) is 0 Å². The van der Waals surface area contributed by atoms with Crippen LogP contribution in [0.4, 0.5) is 0 Å². The Morgan fingerprint density at radius 3 is 2.77 bits per heavy atom. The highest BCUT2D eigenvalue weighted by molar-refractivity contribution is 5.70. The molecule has 1 aromatic carbocycles. The first-order chi connectivity index (χ1) is 10.8. The Kier molecular flexibility index (Phi) is 4.10. The van der Waals surface area contributed by atoms with Crippen LogP contribution >= 0.6 is 0 Å². The standard InChI is InChI=1S/C17H17N5/c1-2-3-4-16-21-15-10-19-12-20-17(15)22(16)11-14-7-5-13(9-18)6-8-14/h5-8,10,12H,2-4,11H2,1H3. The number of rotatable bonds is 5. The van der Waals surface area contributed by atoms with E-state index in [2.05, 4.69) is 32.5 Å². The smallest absolute Gasteiger partial charge is 0.163 e. The fourth-order valence-electron chi connectivity index (χ4n) is 2.48. The van der Waals surface area contributed by atoms with Gasteiger partial charge in [-0.2, -0.15) is 5.26 Å². The molecule has 0 fully saturated rings. The van der Waals surface area contributed by atoms with Crippen molar-refractivity contribution in [2.45, 2.75) is 32.7 Å². The van der Waals surface area contributed by atoms with E-state index in [9.17, 15) is 0 Å². The molecule has 0 aliphatic heterocycles. The van der Waals surface area contributed by atoms with Crippen molar-refractivity contribution in [3.05, 3.63) is 53.7 Å². The van der Waals surface area contributed by atoms with E-state index in [-0.39, 0.29) is 0 Å². The van der Waals surface area contributed by atoms with E-state index in [0.717, 1.165) is 41.8 Å². The number of hydrogen-bond donors (Lipinski definition) is 0. The van der Waals surface area contributed by atoms with Crippen molar-refractivity contribution < 1.29 is 0 Å². The lowest BCUT2D eigenvalue weighted by Gasteiger charge is -2.08. The maximum absolute atomic E-state index is 8.89. The number of benzene rings is 1. The van der Waals surface area contributed by atoms with Crippen molar-refractivity contribution in [2.24, 2.45) is 0 Å². The molecular weight excluding hydrogens is 274 g/mol. The van der Waals surface area contributed by atoms with Gasteiger partial charge in [-0.15, -0.1) is 0 Å². The van der Waals surface area contributed by atoms with Gasteiger partial charge in [0.15, 0.2) is 5.65 Å². The fraction of sp³-hybridized carbons (Fsp3) is 0.294. The zero-order chi connectivity index (χ0) is 15.4. The number of nitrogens with zero attached hydrogens (tertiary/aromatic N) is 5. The number of unbranched alkanes of at least 4 members (excludes halogenated alkanes) is 1. The van der Waals surface area contributed by atoms with Gasteiger partial charge in [-0.25, -0.2) is 15.0 Å². The van der Waals surface area contributed by atoms with E-state index in [1.165, 1.54) is 0 Å².